The number of hydrogen-bond acceptors (Lipinski definition) is 3. The van der Waals surface area contributed by atoms with Gasteiger partial charge in [0.05, 0.1) is 11.5 Å². The van der Waals surface area contributed by atoms with Crippen molar-refractivity contribution in [1.82, 2.24) is 10.2 Å². The van der Waals surface area contributed by atoms with Crippen LogP contribution < -0.4 is 5.32 Å². The predicted octanol–water partition coefficient (Wildman–Crippen LogP) is 0.748. The van der Waals surface area contributed by atoms with Crippen molar-refractivity contribution in [2.24, 2.45) is 5.92 Å². The number of carbonyl (C=O) groups excluding carboxylic acids is 1. The summed E-state index contributed by atoms with van der Waals surface area (Å²) in [6, 6.07) is 0.267. The number of rotatable bonds is 1. The average molecular weight is 240 g/mol. The second kappa shape index (κ2) is 4.94. The normalized spacial score (nSPS) is 39.1. The first-order valence-corrected chi connectivity index (χ1v) is 6.74. The largest absolute Gasteiger partial charge is 0.388 e. The van der Waals surface area contributed by atoms with E-state index in [4.69, 9.17) is 0 Å². The molecule has 3 atom stereocenters. The summed E-state index contributed by atoms with van der Waals surface area (Å²) >= 11 is 0. The van der Waals surface area contributed by atoms with Crippen molar-refractivity contribution in [2.75, 3.05) is 19.6 Å². The summed E-state index contributed by atoms with van der Waals surface area (Å²) in [5, 5.41) is 13.4. The van der Waals surface area contributed by atoms with E-state index in [1.807, 2.05) is 11.8 Å². The zero-order valence-electron chi connectivity index (χ0n) is 10.9. The van der Waals surface area contributed by atoms with Gasteiger partial charge in [0.25, 0.3) is 0 Å². The molecule has 0 aromatic carbocycles. The molecule has 0 spiro atoms. The zero-order valence-corrected chi connectivity index (χ0v) is 10.9. The van der Waals surface area contributed by atoms with Gasteiger partial charge in [-0.2, -0.15) is 0 Å². The predicted molar refractivity (Wildman–Crippen MR) is 66.6 cm³/mol. The van der Waals surface area contributed by atoms with E-state index in [2.05, 4.69) is 12.2 Å². The van der Waals surface area contributed by atoms with Gasteiger partial charge in [-0.1, -0.05) is 0 Å². The number of nitrogens with one attached hydrogen (secondary N) is 1. The molecule has 2 saturated heterocycles. The molecule has 2 aliphatic rings. The molecule has 3 unspecified atom stereocenters. The van der Waals surface area contributed by atoms with E-state index >= 15 is 0 Å². The summed E-state index contributed by atoms with van der Waals surface area (Å²) in [5.74, 6) is 0.322. The van der Waals surface area contributed by atoms with E-state index in [0.29, 0.717) is 6.54 Å². The van der Waals surface area contributed by atoms with Crippen LogP contribution in [0.25, 0.3) is 0 Å². The first-order chi connectivity index (χ1) is 7.99. The summed E-state index contributed by atoms with van der Waals surface area (Å²) in [5.41, 5.74) is -0.695. The van der Waals surface area contributed by atoms with Crippen LogP contribution in [0.3, 0.4) is 0 Å². The van der Waals surface area contributed by atoms with Crippen molar-refractivity contribution in [3.8, 4) is 0 Å². The van der Waals surface area contributed by atoms with Crippen molar-refractivity contribution >= 4 is 5.91 Å². The zero-order chi connectivity index (χ0) is 12.5. The molecule has 17 heavy (non-hydrogen) atoms. The third-order valence-corrected chi connectivity index (χ3v) is 4.07. The van der Waals surface area contributed by atoms with Gasteiger partial charge in [0.15, 0.2) is 0 Å². The number of likely N-dealkylation sites (tertiary alicyclic amines) is 1. The fourth-order valence-electron chi connectivity index (χ4n) is 3.02. The van der Waals surface area contributed by atoms with Gasteiger partial charge < -0.3 is 15.3 Å². The average Bonchev–Trinajstić information content (AvgIpc) is 2.27. The van der Waals surface area contributed by atoms with Crippen LogP contribution in [0.15, 0.2) is 0 Å². The Labute approximate surface area is 103 Å². The molecule has 2 heterocycles. The van der Waals surface area contributed by atoms with Gasteiger partial charge in [-0.3, -0.25) is 4.79 Å². The van der Waals surface area contributed by atoms with Gasteiger partial charge in [-0.05, 0) is 46.1 Å². The molecule has 0 aliphatic carbocycles. The second-order valence-corrected chi connectivity index (χ2v) is 5.85. The minimum Gasteiger partial charge on any atom is -0.388 e. The lowest BCUT2D eigenvalue weighted by atomic mass is 9.88. The van der Waals surface area contributed by atoms with Gasteiger partial charge in [0.2, 0.25) is 5.91 Å². The van der Waals surface area contributed by atoms with Crippen LogP contribution in [-0.2, 0) is 4.79 Å². The summed E-state index contributed by atoms with van der Waals surface area (Å²) in [4.78, 5) is 14.3. The maximum Gasteiger partial charge on any atom is 0.227 e. The SMILES string of the molecule is CC1NCCCC1C(=O)N1CCCC(C)(O)C1. The Kier molecular flexibility index (Phi) is 3.73. The molecule has 98 valence electrons. The Morgan fingerprint density at radius 2 is 2.24 bits per heavy atom. The van der Waals surface area contributed by atoms with Crippen LogP contribution in [0.4, 0.5) is 0 Å². The van der Waals surface area contributed by atoms with Gasteiger partial charge in [0.1, 0.15) is 0 Å². The minimum atomic E-state index is -0.695. The molecule has 1 amide bonds. The first kappa shape index (κ1) is 12.8. The fourth-order valence-corrected chi connectivity index (χ4v) is 3.02. The summed E-state index contributed by atoms with van der Waals surface area (Å²) in [7, 11) is 0. The number of aliphatic hydroxyl groups is 1. The summed E-state index contributed by atoms with van der Waals surface area (Å²) in [6.45, 7) is 6.23. The van der Waals surface area contributed by atoms with Gasteiger partial charge in [-0.25, -0.2) is 0 Å². The molecule has 0 aromatic rings. The van der Waals surface area contributed by atoms with Crippen molar-refractivity contribution in [1.29, 1.82) is 0 Å². The van der Waals surface area contributed by atoms with Crippen LogP contribution in [0.5, 0.6) is 0 Å². The first-order valence-electron chi connectivity index (χ1n) is 6.74. The van der Waals surface area contributed by atoms with Gasteiger partial charge in [-0.15, -0.1) is 0 Å². The molecule has 2 aliphatic heterocycles. The molecule has 2 fully saturated rings. The minimum absolute atomic E-state index is 0.0950. The number of nitrogens with zero attached hydrogens (tertiary/aromatic N) is 1. The second-order valence-electron chi connectivity index (χ2n) is 5.85. The Hall–Kier alpha value is -0.610. The van der Waals surface area contributed by atoms with E-state index in [-0.39, 0.29) is 17.9 Å². The van der Waals surface area contributed by atoms with Gasteiger partial charge >= 0.3 is 0 Å². The maximum absolute atomic E-state index is 12.4. The molecule has 0 aromatic heterocycles. The lowest BCUT2D eigenvalue weighted by Crippen LogP contribution is -2.54. The topological polar surface area (TPSA) is 52.6 Å². The Bertz CT molecular complexity index is 291. The smallest absolute Gasteiger partial charge is 0.227 e. The van der Waals surface area contributed by atoms with E-state index in [1.54, 1.807) is 0 Å². The molecule has 0 saturated carbocycles. The molecule has 0 radical (unpaired) electrons. The molecular formula is C13H24N2O2. The molecule has 2 rings (SSSR count). The van der Waals surface area contributed by atoms with Crippen LogP contribution in [-0.4, -0.2) is 47.2 Å². The van der Waals surface area contributed by atoms with E-state index < -0.39 is 5.60 Å². The van der Waals surface area contributed by atoms with Crippen LogP contribution >= 0.6 is 0 Å². The van der Waals surface area contributed by atoms with E-state index in [0.717, 1.165) is 38.8 Å². The summed E-state index contributed by atoms with van der Waals surface area (Å²) < 4.78 is 0. The van der Waals surface area contributed by atoms with Crippen LogP contribution in [0.1, 0.15) is 39.5 Å². The third-order valence-electron chi connectivity index (χ3n) is 4.07. The van der Waals surface area contributed by atoms with Crippen LogP contribution in [0.2, 0.25) is 0 Å². The number of β-amino-alcohol motifs (C(OH)–C–C–N with tert-alkyl or cyclic N) is 1. The number of amides is 1. The van der Waals surface area contributed by atoms with E-state index in [9.17, 15) is 9.90 Å². The molecule has 4 heteroatoms. The lowest BCUT2D eigenvalue weighted by molar-refractivity contribution is -0.143. The Morgan fingerprint density at radius 3 is 2.88 bits per heavy atom. The van der Waals surface area contributed by atoms with Crippen LogP contribution in [0, 0.1) is 5.92 Å². The highest BCUT2D eigenvalue weighted by Crippen LogP contribution is 2.25. The molecular weight excluding hydrogens is 216 g/mol. The van der Waals surface area contributed by atoms with Gasteiger partial charge in [0, 0.05) is 19.1 Å². The van der Waals surface area contributed by atoms with E-state index in [1.165, 1.54) is 0 Å². The summed E-state index contributed by atoms with van der Waals surface area (Å²) in [6.07, 6.45) is 3.76. The molecule has 4 nitrogen and oxygen atoms in total. The monoisotopic (exact) mass is 240 g/mol. The van der Waals surface area contributed by atoms with Crippen molar-refractivity contribution in [3.63, 3.8) is 0 Å². The fraction of sp³-hybridized carbons (Fsp3) is 0.923. The third kappa shape index (κ3) is 2.99. The van der Waals surface area contributed by atoms with Crippen molar-refractivity contribution in [2.45, 2.75) is 51.2 Å². The lowest BCUT2D eigenvalue weighted by Gasteiger charge is -2.40. The number of carbonyl (C=O) groups is 1. The highest BCUT2D eigenvalue weighted by Gasteiger charge is 2.36. The van der Waals surface area contributed by atoms with Crippen molar-refractivity contribution in [3.05, 3.63) is 0 Å². The quantitative estimate of drug-likeness (QED) is 0.711. The highest BCUT2D eigenvalue weighted by molar-refractivity contribution is 5.79. The highest BCUT2D eigenvalue weighted by atomic mass is 16.3. The Morgan fingerprint density at radius 1 is 1.47 bits per heavy atom. The molecule has 0 bridgehead atoms. The maximum atomic E-state index is 12.4. The molecule has 2 N–H and O–H groups in total. The van der Waals surface area contributed by atoms with Crippen molar-refractivity contribution < 1.29 is 9.90 Å². The number of hydrogen-bond donors (Lipinski definition) is 2. The standard InChI is InChI=1S/C13H24N2O2/c1-10-11(5-3-7-14-10)12(16)15-8-4-6-13(2,17)9-15/h10-11,14,17H,3-9H2,1-2H3. The number of piperidine rings is 2. The Balaban J connectivity index is 1.99.